The van der Waals surface area contributed by atoms with Crippen LogP contribution in [0.2, 0.25) is 0 Å². The topological polar surface area (TPSA) is 47.9 Å². The van der Waals surface area contributed by atoms with E-state index in [4.69, 9.17) is 9.47 Å². The summed E-state index contributed by atoms with van der Waals surface area (Å²) in [6.07, 6.45) is 1.70. The standard InChI is InChI=1S/C18H13BrINO3/c1-2-23-13-6-3-11(4-7-13)9-16-18(22)24-17(21-16)12-5-8-15(20)14(19)10-12/h3-10H,2H2,1H3/b16-9-. The Morgan fingerprint density at radius 3 is 2.67 bits per heavy atom. The van der Waals surface area contributed by atoms with Crippen LogP contribution in [0.4, 0.5) is 0 Å². The Kier molecular flexibility index (Phi) is 5.35. The van der Waals surface area contributed by atoms with Gasteiger partial charge in [0.05, 0.1) is 6.61 Å². The summed E-state index contributed by atoms with van der Waals surface area (Å²) in [7, 11) is 0. The number of hydrogen-bond donors (Lipinski definition) is 0. The molecule has 0 N–H and O–H groups in total. The molecule has 2 aromatic carbocycles. The molecule has 24 heavy (non-hydrogen) atoms. The van der Waals surface area contributed by atoms with Crippen molar-refractivity contribution in [1.29, 1.82) is 0 Å². The molecule has 1 heterocycles. The molecule has 0 spiro atoms. The molecule has 122 valence electrons. The van der Waals surface area contributed by atoms with E-state index in [1.54, 1.807) is 6.08 Å². The summed E-state index contributed by atoms with van der Waals surface area (Å²) in [6.45, 7) is 2.55. The minimum atomic E-state index is -0.450. The second-order valence-corrected chi connectivity index (χ2v) is 6.98. The van der Waals surface area contributed by atoms with Crippen molar-refractivity contribution in [2.45, 2.75) is 6.92 Å². The zero-order valence-corrected chi connectivity index (χ0v) is 16.5. The number of nitrogens with zero attached hydrogens (tertiary/aromatic N) is 1. The molecule has 1 aliphatic heterocycles. The number of carbonyl (C=O) groups is 1. The predicted octanol–water partition coefficient (Wildman–Crippen LogP) is 4.80. The summed E-state index contributed by atoms with van der Waals surface area (Å²) < 4.78 is 12.7. The molecule has 0 saturated heterocycles. The minimum absolute atomic E-state index is 0.281. The van der Waals surface area contributed by atoms with Gasteiger partial charge in [0.1, 0.15) is 5.75 Å². The number of halogens is 2. The van der Waals surface area contributed by atoms with Crippen LogP contribution in [0, 0.1) is 3.57 Å². The highest BCUT2D eigenvalue weighted by atomic mass is 127. The van der Waals surface area contributed by atoms with Gasteiger partial charge in [-0.3, -0.25) is 0 Å². The highest BCUT2D eigenvalue weighted by Gasteiger charge is 2.24. The highest BCUT2D eigenvalue weighted by molar-refractivity contribution is 14.1. The van der Waals surface area contributed by atoms with Crippen LogP contribution in [0.5, 0.6) is 5.75 Å². The molecule has 4 nitrogen and oxygen atoms in total. The van der Waals surface area contributed by atoms with Crippen molar-refractivity contribution in [3.8, 4) is 5.75 Å². The van der Waals surface area contributed by atoms with Crippen molar-refractivity contribution in [2.75, 3.05) is 6.61 Å². The van der Waals surface area contributed by atoms with E-state index >= 15 is 0 Å². The molecule has 0 fully saturated rings. The lowest BCUT2D eigenvalue weighted by Gasteiger charge is -2.02. The van der Waals surface area contributed by atoms with Crippen LogP contribution in [0.1, 0.15) is 18.1 Å². The maximum Gasteiger partial charge on any atom is 0.363 e. The fourth-order valence-electron chi connectivity index (χ4n) is 2.15. The van der Waals surface area contributed by atoms with Crippen LogP contribution < -0.4 is 4.74 Å². The lowest BCUT2D eigenvalue weighted by atomic mass is 10.2. The SMILES string of the molecule is CCOc1ccc(/C=C2\N=C(c3ccc(I)c(Br)c3)OC2=O)cc1. The van der Waals surface area contributed by atoms with Crippen LogP contribution in [0.25, 0.3) is 6.08 Å². The van der Waals surface area contributed by atoms with Crippen LogP contribution in [0.15, 0.2) is 57.6 Å². The summed E-state index contributed by atoms with van der Waals surface area (Å²) in [5.74, 6) is 0.657. The van der Waals surface area contributed by atoms with E-state index < -0.39 is 5.97 Å². The van der Waals surface area contributed by atoms with Crippen molar-refractivity contribution < 1.29 is 14.3 Å². The van der Waals surface area contributed by atoms with Gasteiger partial charge in [0, 0.05) is 13.6 Å². The Balaban J connectivity index is 1.86. The normalized spacial score (nSPS) is 15.4. The molecule has 0 bridgehead atoms. The summed E-state index contributed by atoms with van der Waals surface area (Å²) >= 11 is 5.69. The summed E-state index contributed by atoms with van der Waals surface area (Å²) in [6, 6.07) is 13.2. The first-order valence-corrected chi connectivity index (χ1v) is 9.15. The Bertz CT molecular complexity index is 844. The number of esters is 1. The van der Waals surface area contributed by atoms with Crippen LogP contribution in [-0.4, -0.2) is 18.5 Å². The van der Waals surface area contributed by atoms with Gasteiger partial charge in [0.15, 0.2) is 5.70 Å². The van der Waals surface area contributed by atoms with Crippen molar-refractivity contribution in [1.82, 2.24) is 0 Å². The van der Waals surface area contributed by atoms with Gasteiger partial charge < -0.3 is 9.47 Å². The van der Waals surface area contributed by atoms with Crippen LogP contribution >= 0.6 is 38.5 Å². The number of aliphatic imine (C=N–C) groups is 1. The molecule has 0 amide bonds. The number of ether oxygens (including phenoxy) is 2. The maximum atomic E-state index is 12.0. The smallest absolute Gasteiger partial charge is 0.363 e. The lowest BCUT2D eigenvalue weighted by Crippen LogP contribution is -2.05. The van der Waals surface area contributed by atoms with Crippen molar-refractivity contribution in [3.05, 3.63) is 67.3 Å². The number of hydrogen-bond acceptors (Lipinski definition) is 4. The molecular formula is C18H13BrINO3. The molecule has 0 saturated carbocycles. The lowest BCUT2D eigenvalue weighted by molar-refractivity contribution is -0.129. The largest absolute Gasteiger partial charge is 0.494 e. The van der Waals surface area contributed by atoms with Gasteiger partial charge in [0.2, 0.25) is 5.90 Å². The zero-order valence-electron chi connectivity index (χ0n) is 12.8. The first kappa shape index (κ1) is 17.2. The molecular weight excluding hydrogens is 485 g/mol. The first-order chi connectivity index (χ1) is 11.6. The van der Waals surface area contributed by atoms with E-state index in [-0.39, 0.29) is 5.70 Å². The van der Waals surface area contributed by atoms with Gasteiger partial charge in [-0.1, -0.05) is 12.1 Å². The molecule has 0 aromatic heterocycles. The molecule has 0 radical (unpaired) electrons. The van der Waals surface area contributed by atoms with Crippen molar-refractivity contribution >= 4 is 56.5 Å². The van der Waals surface area contributed by atoms with Gasteiger partial charge in [-0.2, -0.15) is 0 Å². The van der Waals surface area contributed by atoms with Gasteiger partial charge in [0.25, 0.3) is 0 Å². The third-order valence-corrected chi connectivity index (χ3v) is 5.62. The molecule has 0 atom stereocenters. The monoisotopic (exact) mass is 497 g/mol. The van der Waals surface area contributed by atoms with E-state index in [9.17, 15) is 4.79 Å². The third-order valence-electron chi connectivity index (χ3n) is 3.28. The minimum Gasteiger partial charge on any atom is -0.494 e. The second kappa shape index (κ2) is 7.48. The summed E-state index contributed by atoms with van der Waals surface area (Å²) in [4.78, 5) is 16.4. The Labute approximate surface area is 161 Å². The van der Waals surface area contributed by atoms with Gasteiger partial charge in [-0.25, -0.2) is 9.79 Å². The molecule has 2 aromatic rings. The Hall–Kier alpha value is -1.67. The molecule has 0 aliphatic carbocycles. The fourth-order valence-corrected chi connectivity index (χ4v) is 2.86. The third kappa shape index (κ3) is 3.87. The Morgan fingerprint density at radius 1 is 1.25 bits per heavy atom. The van der Waals surface area contributed by atoms with E-state index in [2.05, 4.69) is 43.5 Å². The average molecular weight is 498 g/mol. The number of rotatable bonds is 4. The quantitative estimate of drug-likeness (QED) is 0.346. The predicted molar refractivity (Wildman–Crippen MR) is 105 cm³/mol. The van der Waals surface area contributed by atoms with E-state index in [0.29, 0.717) is 12.5 Å². The van der Waals surface area contributed by atoms with Crippen molar-refractivity contribution in [2.24, 2.45) is 4.99 Å². The fraction of sp³-hybridized carbons (Fsp3) is 0.111. The summed E-state index contributed by atoms with van der Waals surface area (Å²) in [5.41, 5.74) is 1.90. The number of benzene rings is 2. The highest BCUT2D eigenvalue weighted by Crippen LogP contribution is 2.24. The van der Waals surface area contributed by atoms with E-state index in [1.165, 1.54) is 0 Å². The first-order valence-electron chi connectivity index (χ1n) is 7.27. The maximum absolute atomic E-state index is 12.0. The zero-order chi connectivity index (χ0) is 17.1. The molecule has 1 aliphatic rings. The van der Waals surface area contributed by atoms with Crippen LogP contribution in [-0.2, 0) is 9.53 Å². The second-order valence-electron chi connectivity index (χ2n) is 4.97. The van der Waals surface area contributed by atoms with Gasteiger partial charge in [-0.15, -0.1) is 0 Å². The van der Waals surface area contributed by atoms with E-state index in [0.717, 1.165) is 24.9 Å². The molecule has 0 unspecified atom stereocenters. The van der Waals surface area contributed by atoms with Gasteiger partial charge >= 0.3 is 5.97 Å². The van der Waals surface area contributed by atoms with Gasteiger partial charge in [-0.05, 0) is 87.4 Å². The molecule has 3 rings (SSSR count). The summed E-state index contributed by atoms with van der Waals surface area (Å²) in [5, 5.41) is 0. The van der Waals surface area contributed by atoms with Crippen molar-refractivity contribution in [3.63, 3.8) is 0 Å². The average Bonchev–Trinajstić information content (AvgIpc) is 2.93. The number of carbonyl (C=O) groups excluding carboxylic acids is 1. The Morgan fingerprint density at radius 2 is 2.00 bits per heavy atom. The van der Waals surface area contributed by atoms with Crippen LogP contribution in [0.3, 0.4) is 0 Å². The number of cyclic esters (lactones) is 1. The molecule has 6 heteroatoms. The van der Waals surface area contributed by atoms with E-state index in [1.807, 2.05) is 49.4 Å².